The fourth-order valence-electron chi connectivity index (χ4n) is 2.92. The lowest BCUT2D eigenvalue weighted by molar-refractivity contribution is 0.297. The van der Waals surface area contributed by atoms with E-state index in [-0.39, 0.29) is 5.56 Å². The molecule has 0 fully saturated rings. The van der Waals surface area contributed by atoms with Crippen molar-refractivity contribution in [2.75, 3.05) is 31.6 Å². The molecule has 7 heteroatoms. The van der Waals surface area contributed by atoms with Gasteiger partial charge in [-0.15, -0.1) is 0 Å². The average Bonchev–Trinajstić information content (AvgIpc) is 2.94. The third kappa shape index (κ3) is 5.77. The molecule has 28 heavy (non-hydrogen) atoms. The van der Waals surface area contributed by atoms with Crippen molar-refractivity contribution in [3.05, 3.63) is 52.9 Å². The maximum absolute atomic E-state index is 11.7. The summed E-state index contributed by atoms with van der Waals surface area (Å²) in [5.74, 6) is 2.27. The molecule has 3 rings (SSSR count). The highest BCUT2D eigenvalue weighted by Gasteiger charge is 2.11. The summed E-state index contributed by atoms with van der Waals surface area (Å²) in [5, 5.41) is 6.57. The van der Waals surface area contributed by atoms with Crippen LogP contribution < -0.4 is 25.7 Å². The van der Waals surface area contributed by atoms with Crippen LogP contribution in [0.2, 0.25) is 0 Å². The van der Waals surface area contributed by atoms with Crippen LogP contribution in [0.5, 0.6) is 11.5 Å². The normalized spacial score (nSPS) is 13.7. The summed E-state index contributed by atoms with van der Waals surface area (Å²) in [4.78, 5) is 16.3. The Balaban J connectivity index is 1.53. The first kappa shape index (κ1) is 19.8. The Hall–Kier alpha value is -2.96. The summed E-state index contributed by atoms with van der Waals surface area (Å²) >= 11 is 0. The van der Waals surface area contributed by atoms with E-state index in [4.69, 9.17) is 9.47 Å². The molecule has 0 spiro atoms. The second kappa shape index (κ2) is 10.4. The van der Waals surface area contributed by atoms with E-state index in [1.165, 1.54) is 0 Å². The topological polar surface area (TPSA) is 76.9 Å². The van der Waals surface area contributed by atoms with Gasteiger partial charge < -0.3 is 24.7 Å². The molecule has 1 aliphatic heterocycles. The molecule has 1 aromatic heterocycles. The first-order chi connectivity index (χ1) is 13.8. The van der Waals surface area contributed by atoms with E-state index in [1.807, 2.05) is 37.4 Å². The van der Waals surface area contributed by atoms with E-state index in [0.717, 1.165) is 49.0 Å². The number of pyridine rings is 1. The molecule has 1 aromatic carbocycles. The van der Waals surface area contributed by atoms with Gasteiger partial charge in [-0.1, -0.05) is 6.07 Å². The van der Waals surface area contributed by atoms with Gasteiger partial charge in [0.05, 0.1) is 13.2 Å². The third-order valence-corrected chi connectivity index (χ3v) is 4.33. The van der Waals surface area contributed by atoms with Crippen LogP contribution in [0.4, 0.5) is 5.69 Å². The Kier molecular flexibility index (Phi) is 7.35. The molecule has 0 radical (unpaired) electrons. The van der Waals surface area contributed by atoms with E-state index < -0.39 is 0 Å². The predicted molar refractivity (Wildman–Crippen MR) is 112 cm³/mol. The van der Waals surface area contributed by atoms with Crippen molar-refractivity contribution in [3.63, 3.8) is 0 Å². The fourth-order valence-corrected chi connectivity index (χ4v) is 2.92. The number of hydrogen-bond acceptors (Lipinski definition) is 4. The summed E-state index contributed by atoms with van der Waals surface area (Å²) in [6, 6.07) is 11.0. The number of aliphatic imine (C=N–C) groups is 1. The highest BCUT2D eigenvalue weighted by molar-refractivity contribution is 5.93. The van der Waals surface area contributed by atoms with E-state index in [1.54, 1.807) is 16.7 Å². The molecule has 0 atom stereocenters. The zero-order chi connectivity index (χ0) is 19.6. The maximum atomic E-state index is 11.7. The SMILES string of the molecule is CCNC(=NCCCCn1ccccc1=O)Nc1ccc2c(c1)OCCCO2. The predicted octanol–water partition coefficient (Wildman–Crippen LogP) is 2.87. The fraction of sp³-hybridized carbons (Fsp3) is 0.429. The summed E-state index contributed by atoms with van der Waals surface area (Å²) < 4.78 is 13.1. The summed E-state index contributed by atoms with van der Waals surface area (Å²) in [6.07, 6.45) is 4.51. The van der Waals surface area contributed by atoms with Crippen molar-refractivity contribution in [1.29, 1.82) is 0 Å². The Labute approximate surface area is 165 Å². The van der Waals surface area contributed by atoms with Gasteiger partial charge in [-0.25, -0.2) is 0 Å². The number of aromatic nitrogens is 1. The van der Waals surface area contributed by atoms with Crippen molar-refractivity contribution in [1.82, 2.24) is 9.88 Å². The van der Waals surface area contributed by atoms with Crippen molar-refractivity contribution in [3.8, 4) is 11.5 Å². The highest BCUT2D eigenvalue weighted by atomic mass is 16.5. The number of hydrogen-bond donors (Lipinski definition) is 2. The number of guanidine groups is 1. The largest absolute Gasteiger partial charge is 0.490 e. The van der Waals surface area contributed by atoms with Crippen LogP contribution >= 0.6 is 0 Å². The van der Waals surface area contributed by atoms with Gasteiger partial charge >= 0.3 is 0 Å². The van der Waals surface area contributed by atoms with E-state index in [9.17, 15) is 4.79 Å². The minimum absolute atomic E-state index is 0.0374. The number of nitrogens with one attached hydrogen (secondary N) is 2. The van der Waals surface area contributed by atoms with Gasteiger partial charge in [0, 0.05) is 50.1 Å². The Morgan fingerprint density at radius 1 is 1.14 bits per heavy atom. The molecular weight excluding hydrogens is 356 g/mol. The molecule has 7 nitrogen and oxygen atoms in total. The van der Waals surface area contributed by atoms with Crippen molar-refractivity contribution >= 4 is 11.6 Å². The van der Waals surface area contributed by atoms with Gasteiger partial charge in [-0.05, 0) is 38.0 Å². The number of aryl methyl sites for hydroxylation is 1. The molecule has 0 saturated carbocycles. The Morgan fingerprint density at radius 3 is 2.82 bits per heavy atom. The number of anilines is 1. The maximum Gasteiger partial charge on any atom is 0.250 e. The van der Waals surface area contributed by atoms with Gasteiger partial charge in [0.25, 0.3) is 0 Å². The Bertz CT molecular complexity index is 848. The monoisotopic (exact) mass is 384 g/mol. The lowest BCUT2D eigenvalue weighted by Crippen LogP contribution is -2.30. The smallest absolute Gasteiger partial charge is 0.250 e. The lowest BCUT2D eigenvalue weighted by atomic mass is 10.2. The van der Waals surface area contributed by atoms with Crippen LogP contribution in [0.3, 0.4) is 0 Å². The highest BCUT2D eigenvalue weighted by Crippen LogP contribution is 2.32. The van der Waals surface area contributed by atoms with Gasteiger partial charge in [-0.3, -0.25) is 9.79 Å². The number of benzene rings is 1. The first-order valence-corrected chi connectivity index (χ1v) is 9.86. The van der Waals surface area contributed by atoms with Crippen molar-refractivity contribution in [2.45, 2.75) is 32.7 Å². The second-order valence-corrected chi connectivity index (χ2v) is 6.54. The summed E-state index contributed by atoms with van der Waals surface area (Å²) in [6.45, 7) is 5.54. The standard InChI is InChI=1S/C21H28N4O3/c1-2-22-21(23-11-4-6-13-25-12-5-3-8-20(25)26)24-17-9-10-18-19(16-17)28-15-7-14-27-18/h3,5,8-10,12,16H,2,4,6-7,11,13-15H2,1H3,(H2,22,23,24). The number of ether oxygens (including phenoxy) is 2. The van der Waals surface area contributed by atoms with E-state index >= 15 is 0 Å². The molecular formula is C21H28N4O3. The lowest BCUT2D eigenvalue weighted by Gasteiger charge is -2.13. The van der Waals surface area contributed by atoms with Gasteiger partial charge in [0.15, 0.2) is 17.5 Å². The van der Waals surface area contributed by atoms with Gasteiger partial charge in [0.2, 0.25) is 5.56 Å². The second-order valence-electron chi connectivity index (χ2n) is 6.54. The van der Waals surface area contributed by atoms with Gasteiger partial charge in [0.1, 0.15) is 0 Å². The van der Waals surface area contributed by atoms with Crippen LogP contribution in [0, 0.1) is 0 Å². The van der Waals surface area contributed by atoms with Crippen LogP contribution in [0.25, 0.3) is 0 Å². The van der Waals surface area contributed by atoms with Crippen molar-refractivity contribution in [2.24, 2.45) is 4.99 Å². The molecule has 0 saturated heterocycles. The van der Waals surface area contributed by atoms with Crippen LogP contribution in [-0.2, 0) is 6.54 Å². The van der Waals surface area contributed by atoms with Crippen LogP contribution in [0.1, 0.15) is 26.2 Å². The molecule has 0 unspecified atom stereocenters. The van der Waals surface area contributed by atoms with Crippen LogP contribution in [-0.4, -0.2) is 36.8 Å². The number of fused-ring (bicyclic) bond motifs is 1. The van der Waals surface area contributed by atoms with Crippen LogP contribution in [0.15, 0.2) is 52.4 Å². The number of unbranched alkanes of at least 4 members (excludes halogenated alkanes) is 1. The third-order valence-electron chi connectivity index (χ3n) is 4.33. The molecule has 2 aromatic rings. The minimum Gasteiger partial charge on any atom is -0.490 e. The zero-order valence-corrected chi connectivity index (χ0v) is 16.3. The quantitative estimate of drug-likeness (QED) is 0.436. The molecule has 2 N–H and O–H groups in total. The number of rotatable bonds is 7. The number of nitrogens with zero attached hydrogens (tertiary/aromatic N) is 2. The molecule has 0 aliphatic carbocycles. The average molecular weight is 384 g/mol. The molecule has 150 valence electrons. The molecule has 0 amide bonds. The van der Waals surface area contributed by atoms with Gasteiger partial charge in [-0.2, -0.15) is 0 Å². The molecule has 2 heterocycles. The van der Waals surface area contributed by atoms with Crippen molar-refractivity contribution < 1.29 is 9.47 Å². The zero-order valence-electron chi connectivity index (χ0n) is 16.3. The first-order valence-electron chi connectivity index (χ1n) is 9.86. The summed E-state index contributed by atoms with van der Waals surface area (Å²) in [7, 11) is 0. The summed E-state index contributed by atoms with van der Waals surface area (Å²) in [5.41, 5.74) is 0.940. The van der Waals surface area contributed by atoms with E-state index in [0.29, 0.717) is 26.3 Å². The molecule has 1 aliphatic rings. The molecule has 0 bridgehead atoms. The van der Waals surface area contributed by atoms with E-state index in [2.05, 4.69) is 15.6 Å². The minimum atomic E-state index is 0.0374. The Morgan fingerprint density at radius 2 is 2.00 bits per heavy atom.